The van der Waals surface area contributed by atoms with E-state index in [0.29, 0.717) is 21.7 Å². The fourth-order valence-corrected chi connectivity index (χ4v) is 3.73. The van der Waals surface area contributed by atoms with Gasteiger partial charge in [-0.25, -0.2) is 4.79 Å². The first-order valence-corrected chi connectivity index (χ1v) is 6.60. The van der Waals surface area contributed by atoms with E-state index in [1.54, 1.807) is 36.4 Å². The van der Waals surface area contributed by atoms with Crippen molar-refractivity contribution in [2.45, 2.75) is 9.79 Å². The number of hydrogen-bond donors (Lipinski definition) is 1. The van der Waals surface area contributed by atoms with Gasteiger partial charge >= 0.3 is 0 Å². The predicted octanol–water partition coefficient (Wildman–Crippen LogP) is 2.57. The molecule has 2 aromatic carbocycles. The van der Waals surface area contributed by atoms with E-state index in [1.807, 2.05) is 11.3 Å². The van der Waals surface area contributed by atoms with E-state index >= 15 is 0 Å². The summed E-state index contributed by atoms with van der Waals surface area (Å²) in [6.07, 6.45) is 0. The summed E-state index contributed by atoms with van der Waals surface area (Å²) in [4.78, 5) is 25.0. The normalized spacial score (nSPS) is 16.7. The van der Waals surface area contributed by atoms with Crippen molar-refractivity contribution >= 4 is 27.2 Å². The lowest BCUT2D eigenvalue weighted by Crippen LogP contribution is -2.10. The molecule has 0 aromatic heterocycles. The van der Waals surface area contributed by atoms with Crippen LogP contribution in [0, 0.1) is 0 Å². The van der Waals surface area contributed by atoms with Crippen LogP contribution in [-0.4, -0.2) is 11.0 Å². The summed E-state index contributed by atoms with van der Waals surface area (Å²) in [5, 5.41) is 2.03. The second kappa shape index (κ2) is 3.95. The Morgan fingerprint density at radius 2 is 1.72 bits per heavy atom. The highest BCUT2D eigenvalue weighted by atomic mass is 32.2. The first-order valence-electron chi connectivity index (χ1n) is 5.37. The van der Waals surface area contributed by atoms with Crippen LogP contribution in [0.1, 0.15) is 15.9 Å². The minimum absolute atomic E-state index is 0.0559. The van der Waals surface area contributed by atoms with Gasteiger partial charge in [0, 0.05) is 26.6 Å². The zero-order valence-electron chi connectivity index (χ0n) is 9.34. The Hall–Kier alpha value is -2.16. The van der Waals surface area contributed by atoms with Gasteiger partial charge in [-0.05, 0) is 40.8 Å². The number of benzene rings is 2. The molecule has 2 N–H and O–H groups in total. The molecule has 0 aliphatic carbocycles. The molecule has 3 nitrogen and oxygen atoms in total. The van der Waals surface area contributed by atoms with Crippen LogP contribution in [0.5, 0.6) is 0 Å². The van der Waals surface area contributed by atoms with Gasteiger partial charge in [-0.3, -0.25) is 4.79 Å². The van der Waals surface area contributed by atoms with E-state index in [4.69, 9.17) is 5.73 Å². The van der Waals surface area contributed by atoms with Crippen molar-refractivity contribution in [3.8, 4) is 0 Å². The van der Waals surface area contributed by atoms with Crippen LogP contribution in [0.3, 0.4) is 0 Å². The molecule has 0 bridgehead atoms. The van der Waals surface area contributed by atoms with Gasteiger partial charge in [0.1, 0.15) is 0 Å². The molecule has 0 spiro atoms. The van der Waals surface area contributed by atoms with Gasteiger partial charge < -0.3 is 5.73 Å². The molecule has 4 heteroatoms. The molecule has 18 heavy (non-hydrogen) atoms. The smallest absolute Gasteiger partial charge is 0.195 e. The highest BCUT2D eigenvalue weighted by Gasteiger charge is 2.26. The Balaban J connectivity index is 2.40. The van der Waals surface area contributed by atoms with Gasteiger partial charge in [-0.15, -0.1) is 0 Å². The van der Waals surface area contributed by atoms with E-state index in [-0.39, 0.29) is 5.78 Å². The third-order valence-corrected chi connectivity index (χ3v) is 4.65. The van der Waals surface area contributed by atoms with Gasteiger partial charge in [0.2, 0.25) is 0 Å². The van der Waals surface area contributed by atoms with Gasteiger partial charge in [-0.1, -0.05) is 12.1 Å². The number of anilines is 1. The Morgan fingerprint density at radius 3 is 2.50 bits per heavy atom. The Kier molecular flexibility index (Phi) is 2.40. The lowest BCUT2D eigenvalue weighted by molar-refractivity contribution is 0.103. The van der Waals surface area contributed by atoms with Crippen LogP contribution in [0.4, 0.5) is 5.69 Å². The van der Waals surface area contributed by atoms with Crippen molar-refractivity contribution in [1.29, 1.82) is 0 Å². The van der Waals surface area contributed by atoms with Crippen LogP contribution in [0.15, 0.2) is 52.3 Å². The van der Waals surface area contributed by atoms with Gasteiger partial charge in [0.15, 0.2) is 11.0 Å². The summed E-state index contributed by atoms with van der Waals surface area (Å²) in [7, 11) is -0.839. The second-order valence-corrected chi connectivity index (χ2v) is 5.63. The van der Waals surface area contributed by atoms with Crippen molar-refractivity contribution in [2.24, 2.45) is 0 Å². The molecular formula is C14H9NO2S. The molecule has 88 valence electrons. The third-order valence-electron chi connectivity index (χ3n) is 2.91. The molecule has 0 amide bonds. The Morgan fingerprint density at radius 1 is 1.00 bits per heavy atom. The SMILES string of the molecule is Nc1ccc2c(c1)S(=C=O)c1ccccc1C2=O. The summed E-state index contributed by atoms with van der Waals surface area (Å²) in [6.45, 7) is 0. The van der Waals surface area contributed by atoms with Gasteiger partial charge in [-0.2, -0.15) is 0 Å². The average molecular weight is 255 g/mol. The minimum Gasteiger partial charge on any atom is -0.399 e. The number of fused-ring (bicyclic) bond motifs is 2. The molecule has 0 fully saturated rings. The van der Waals surface area contributed by atoms with Crippen LogP contribution in [0.25, 0.3) is 0 Å². The molecule has 1 aliphatic heterocycles. The zero-order chi connectivity index (χ0) is 12.7. The zero-order valence-corrected chi connectivity index (χ0v) is 10.2. The molecule has 1 unspecified atom stereocenters. The van der Waals surface area contributed by atoms with Gasteiger partial charge in [0.05, 0.1) is 0 Å². The molecule has 2 aromatic rings. The van der Waals surface area contributed by atoms with Crippen molar-refractivity contribution in [2.75, 3.05) is 5.73 Å². The molecule has 1 atom stereocenters. The van der Waals surface area contributed by atoms with E-state index in [0.717, 1.165) is 4.90 Å². The summed E-state index contributed by atoms with van der Waals surface area (Å²) in [5.74, 6) is -0.0559. The summed E-state index contributed by atoms with van der Waals surface area (Å²) in [6, 6.07) is 12.2. The van der Waals surface area contributed by atoms with Crippen molar-refractivity contribution < 1.29 is 9.59 Å². The highest BCUT2D eigenvalue weighted by molar-refractivity contribution is 8.14. The number of nitrogen functional groups attached to an aromatic ring is 1. The molecule has 0 radical (unpaired) electrons. The molecule has 0 saturated carbocycles. The maximum Gasteiger partial charge on any atom is 0.195 e. The number of hydrogen-bond acceptors (Lipinski definition) is 3. The molecule has 0 saturated heterocycles. The monoisotopic (exact) mass is 255 g/mol. The van der Waals surface area contributed by atoms with Crippen molar-refractivity contribution in [3.63, 3.8) is 0 Å². The Labute approximate surface area is 106 Å². The van der Waals surface area contributed by atoms with Crippen molar-refractivity contribution in [3.05, 3.63) is 53.6 Å². The fourth-order valence-electron chi connectivity index (χ4n) is 2.08. The summed E-state index contributed by atoms with van der Waals surface area (Å²) in [5.41, 5.74) is 7.41. The van der Waals surface area contributed by atoms with E-state index in [1.165, 1.54) is 0 Å². The minimum atomic E-state index is -0.839. The lowest BCUT2D eigenvalue weighted by atomic mass is 10.0. The Bertz CT molecular complexity index is 730. The second-order valence-electron chi connectivity index (χ2n) is 3.97. The number of carbonyl (C=O) groups excluding carboxylic acids is 2. The highest BCUT2D eigenvalue weighted by Crippen LogP contribution is 2.44. The first-order chi connectivity index (χ1) is 8.72. The van der Waals surface area contributed by atoms with Crippen LogP contribution < -0.4 is 5.73 Å². The van der Waals surface area contributed by atoms with Crippen LogP contribution in [0.2, 0.25) is 0 Å². The average Bonchev–Trinajstić information content (AvgIpc) is 2.39. The van der Waals surface area contributed by atoms with E-state index in [9.17, 15) is 9.59 Å². The predicted molar refractivity (Wildman–Crippen MR) is 70.5 cm³/mol. The van der Waals surface area contributed by atoms with Crippen molar-refractivity contribution in [1.82, 2.24) is 0 Å². The largest absolute Gasteiger partial charge is 0.399 e. The number of carbonyl (C=O) groups is 1. The van der Waals surface area contributed by atoms with Gasteiger partial charge in [0.25, 0.3) is 0 Å². The maximum absolute atomic E-state index is 12.3. The molecule has 1 aliphatic rings. The lowest BCUT2D eigenvalue weighted by Gasteiger charge is -2.19. The number of ketones is 1. The quantitative estimate of drug-likeness (QED) is 0.496. The maximum atomic E-state index is 12.3. The van der Waals surface area contributed by atoms with E-state index < -0.39 is 10.5 Å². The first kappa shape index (κ1) is 11.0. The van der Waals surface area contributed by atoms with E-state index in [2.05, 4.69) is 0 Å². The third kappa shape index (κ3) is 1.44. The van der Waals surface area contributed by atoms with Crippen LogP contribution >= 0.6 is 10.5 Å². The summed E-state index contributed by atoms with van der Waals surface area (Å²) >= 11 is 0. The molecule has 3 rings (SSSR count). The molecular weight excluding hydrogens is 246 g/mol. The standard InChI is InChI=1S/C14H9NO2S/c15-9-5-6-11-13(7-9)18(8-16)12-4-2-1-3-10(12)14(11)17/h1-7H,15H2. The number of nitrogens with two attached hydrogens (primary N) is 1. The van der Waals surface area contributed by atoms with Crippen LogP contribution in [-0.2, 0) is 4.79 Å². The topological polar surface area (TPSA) is 60.2 Å². The summed E-state index contributed by atoms with van der Waals surface area (Å²) < 4.78 is 0. The number of rotatable bonds is 0. The fraction of sp³-hybridized carbons (Fsp3) is 0. The molecule has 1 heterocycles.